The van der Waals surface area contributed by atoms with Crippen LogP contribution in [-0.4, -0.2) is 28.1 Å². The lowest BCUT2D eigenvalue weighted by atomic mass is 10.1. The first-order chi connectivity index (χ1) is 15.1. The molecule has 1 aromatic heterocycles. The summed E-state index contributed by atoms with van der Waals surface area (Å²) in [5, 5.41) is 0.254. The zero-order valence-electron chi connectivity index (χ0n) is 16.5. The Bertz CT molecular complexity index is 1530. The molecule has 0 saturated carbocycles. The Hall–Kier alpha value is -2.59. The van der Waals surface area contributed by atoms with Crippen molar-refractivity contribution in [3.63, 3.8) is 0 Å². The van der Waals surface area contributed by atoms with E-state index in [1.54, 1.807) is 24.3 Å². The van der Waals surface area contributed by atoms with Gasteiger partial charge in [0.2, 0.25) is 14.2 Å². The minimum absolute atomic E-state index is 0.0142. The molecule has 0 aliphatic carbocycles. The van der Waals surface area contributed by atoms with Crippen molar-refractivity contribution in [2.75, 3.05) is 6.26 Å². The first-order valence-electron chi connectivity index (χ1n) is 9.14. The summed E-state index contributed by atoms with van der Waals surface area (Å²) in [5.74, 6) is -0.455. The second kappa shape index (κ2) is 8.40. The molecule has 32 heavy (non-hydrogen) atoms. The average molecular weight is 508 g/mol. The quantitative estimate of drug-likeness (QED) is 0.356. The standard InChI is InChI=1S/C22H15ClFNO4S3/c1-31(26,27)19-8-3-2-7-18(19)20-21(14-9-11-16(24)12-10-14)30-22(25-20)32(28,29)17-6-4-5-15(23)13-17/h2-13H,1H3. The van der Waals surface area contributed by atoms with E-state index in [1.807, 2.05) is 0 Å². The molecule has 0 atom stereocenters. The number of nitrogens with zero attached hydrogens (tertiary/aromatic N) is 1. The molecule has 0 spiro atoms. The third-order valence-electron chi connectivity index (χ3n) is 4.59. The monoisotopic (exact) mass is 507 g/mol. The zero-order chi connectivity index (χ0) is 23.1. The Morgan fingerprint density at radius 2 is 1.59 bits per heavy atom. The third kappa shape index (κ3) is 4.33. The summed E-state index contributed by atoms with van der Waals surface area (Å²) in [5.41, 5.74) is 0.955. The first kappa shape index (κ1) is 22.6. The molecule has 10 heteroatoms. The van der Waals surface area contributed by atoms with E-state index in [2.05, 4.69) is 4.98 Å². The van der Waals surface area contributed by atoms with E-state index < -0.39 is 25.5 Å². The molecule has 4 rings (SSSR count). The Kier molecular flexibility index (Phi) is 5.93. The highest BCUT2D eigenvalue weighted by Gasteiger charge is 2.28. The molecule has 0 aliphatic heterocycles. The van der Waals surface area contributed by atoms with Crippen LogP contribution in [0.1, 0.15) is 0 Å². The van der Waals surface area contributed by atoms with Gasteiger partial charge in [-0.05, 0) is 42.0 Å². The van der Waals surface area contributed by atoms with E-state index in [0.717, 1.165) is 17.6 Å². The predicted molar refractivity (Wildman–Crippen MR) is 123 cm³/mol. The van der Waals surface area contributed by atoms with E-state index >= 15 is 0 Å². The normalized spacial score (nSPS) is 12.1. The van der Waals surface area contributed by atoms with Gasteiger partial charge in [-0.1, -0.05) is 48.0 Å². The van der Waals surface area contributed by atoms with Gasteiger partial charge in [0.25, 0.3) is 0 Å². The van der Waals surface area contributed by atoms with Crippen LogP contribution in [0.25, 0.3) is 21.7 Å². The smallest absolute Gasteiger partial charge is 0.224 e. The summed E-state index contributed by atoms with van der Waals surface area (Å²) in [7, 11) is -7.67. The minimum Gasteiger partial charge on any atom is -0.224 e. The molecule has 0 bridgehead atoms. The number of halogens is 2. The maximum absolute atomic E-state index is 13.5. The van der Waals surface area contributed by atoms with Gasteiger partial charge in [0.05, 0.1) is 20.4 Å². The SMILES string of the molecule is CS(=O)(=O)c1ccccc1-c1nc(S(=O)(=O)c2cccc(Cl)c2)sc1-c1ccc(F)cc1. The number of benzene rings is 3. The third-order valence-corrected chi connectivity index (χ3v) is 9.21. The lowest BCUT2D eigenvalue weighted by molar-refractivity contribution is 0.595. The minimum atomic E-state index is -4.04. The fourth-order valence-corrected chi connectivity index (χ4v) is 7.01. The van der Waals surface area contributed by atoms with E-state index in [0.29, 0.717) is 10.4 Å². The Morgan fingerprint density at radius 3 is 2.25 bits per heavy atom. The van der Waals surface area contributed by atoms with Crippen molar-refractivity contribution >= 4 is 42.6 Å². The van der Waals surface area contributed by atoms with Gasteiger partial charge in [-0.3, -0.25) is 0 Å². The molecular formula is C22H15ClFNO4S3. The second-order valence-electron chi connectivity index (χ2n) is 6.89. The van der Waals surface area contributed by atoms with Crippen LogP contribution in [0.4, 0.5) is 4.39 Å². The van der Waals surface area contributed by atoms with Gasteiger partial charge in [0.15, 0.2) is 9.84 Å². The van der Waals surface area contributed by atoms with Crippen molar-refractivity contribution < 1.29 is 21.2 Å². The molecule has 0 amide bonds. The van der Waals surface area contributed by atoms with Crippen molar-refractivity contribution in [2.45, 2.75) is 14.1 Å². The molecule has 0 unspecified atom stereocenters. The van der Waals surface area contributed by atoms with E-state index in [4.69, 9.17) is 11.6 Å². The van der Waals surface area contributed by atoms with E-state index in [-0.39, 0.29) is 30.4 Å². The largest absolute Gasteiger partial charge is 0.233 e. The van der Waals surface area contributed by atoms with E-state index in [1.165, 1.54) is 48.5 Å². The van der Waals surface area contributed by atoms with Gasteiger partial charge >= 0.3 is 0 Å². The number of aromatic nitrogens is 1. The van der Waals surface area contributed by atoms with Crippen molar-refractivity contribution in [2.24, 2.45) is 0 Å². The van der Waals surface area contributed by atoms with Crippen LogP contribution >= 0.6 is 22.9 Å². The van der Waals surface area contributed by atoms with Crippen LogP contribution in [0.5, 0.6) is 0 Å². The van der Waals surface area contributed by atoms with Crippen LogP contribution in [0.15, 0.2) is 86.9 Å². The maximum Gasteiger partial charge on any atom is 0.233 e. The molecule has 4 aromatic rings. The maximum atomic E-state index is 13.5. The number of hydrogen-bond acceptors (Lipinski definition) is 6. The number of sulfone groups is 2. The summed E-state index contributed by atoms with van der Waals surface area (Å²) in [6, 6.07) is 17.5. The lowest BCUT2D eigenvalue weighted by Crippen LogP contribution is -2.02. The van der Waals surface area contributed by atoms with Gasteiger partial charge in [-0.2, -0.15) is 0 Å². The van der Waals surface area contributed by atoms with Crippen LogP contribution in [0.2, 0.25) is 5.02 Å². The molecule has 0 radical (unpaired) electrons. The summed E-state index contributed by atoms with van der Waals surface area (Å²) in [6.07, 6.45) is 1.07. The molecule has 0 aliphatic rings. The van der Waals surface area contributed by atoms with Gasteiger partial charge in [0.1, 0.15) is 5.82 Å². The van der Waals surface area contributed by atoms with E-state index in [9.17, 15) is 21.2 Å². The van der Waals surface area contributed by atoms with Gasteiger partial charge in [0, 0.05) is 16.8 Å². The number of thiazole rings is 1. The van der Waals surface area contributed by atoms with Gasteiger partial charge in [-0.25, -0.2) is 26.2 Å². The van der Waals surface area contributed by atoms with Crippen molar-refractivity contribution in [1.29, 1.82) is 0 Å². The van der Waals surface area contributed by atoms with Crippen LogP contribution in [-0.2, 0) is 19.7 Å². The Morgan fingerprint density at radius 1 is 0.906 bits per heavy atom. The molecular weight excluding hydrogens is 493 g/mol. The fourth-order valence-electron chi connectivity index (χ4n) is 3.12. The number of hydrogen-bond donors (Lipinski definition) is 0. The Labute approximate surface area is 194 Å². The highest BCUT2D eigenvalue weighted by molar-refractivity contribution is 7.93. The molecule has 164 valence electrons. The highest BCUT2D eigenvalue weighted by Crippen LogP contribution is 2.42. The van der Waals surface area contributed by atoms with Crippen LogP contribution < -0.4 is 0 Å². The van der Waals surface area contributed by atoms with Crippen molar-refractivity contribution in [3.8, 4) is 21.7 Å². The highest BCUT2D eigenvalue weighted by atomic mass is 35.5. The van der Waals surface area contributed by atoms with Crippen molar-refractivity contribution in [1.82, 2.24) is 4.98 Å². The Balaban J connectivity index is 2.01. The lowest BCUT2D eigenvalue weighted by Gasteiger charge is -2.08. The summed E-state index contributed by atoms with van der Waals surface area (Å²) in [6.45, 7) is 0. The molecule has 0 N–H and O–H groups in total. The predicted octanol–water partition coefficient (Wildman–Crippen LogP) is 5.51. The van der Waals surface area contributed by atoms with Crippen LogP contribution in [0.3, 0.4) is 0 Å². The van der Waals surface area contributed by atoms with Crippen molar-refractivity contribution in [3.05, 3.63) is 83.6 Å². The molecule has 0 saturated heterocycles. The van der Waals surface area contributed by atoms with Gasteiger partial charge in [-0.15, -0.1) is 11.3 Å². The number of rotatable bonds is 5. The second-order valence-corrected chi connectivity index (χ2v) is 12.4. The molecule has 5 nitrogen and oxygen atoms in total. The molecule has 0 fully saturated rings. The molecule has 1 heterocycles. The van der Waals surface area contributed by atoms with Crippen LogP contribution in [0, 0.1) is 5.82 Å². The topological polar surface area (TPSA) is 81.2 Å². The first-order valence-corrected chi connectivity index (χ1v) is 13.7. The zero-order valence-corrected chi connectivity index (χ0v) is 19.7. The summed E-state index contributed by atoms with van der Waals surface area (Å²) >= 11 is 6.85. The fraction of sp³-hybridized carbons (Fsp3) is 0.0455. The van der Waals surface area contributed by atoms with Gasteiger partial charge < -0.3 is 0 Å². The molecule has 3 aromatic carbocycles. The average Bonchev–Trinajstić information content (AvgIpc) is 3.20. The summed E-state index contributed by atoms with van der Waals surface area (Å²) < 4.78 is 64.5. The summed E-state index contributed by atoms with van der Waals surface area (Å²) in [4.78, 5) is 4.74.